The van der Waals surface area contributed by atoms with Crippen molar-refractivity contribution in [2.24, 2.45) is 0 Å². The lowest BCUT2D eigenvalue weighted by Gasteiger charge is -2.07. The summed E-state index contributed by atoms with van der Waals surface area (Å²) in [5, 5.41) is 7.14. The van der Waals surface area contributed by atoms with Crippen molar-refractivity contribution in [1.82, 2.24) is 14.6 Å². The van der Waals surface area contributed by atoms with Crippen molar-refractivity contribution in [3.8, 4) is 0 Å². The summed E-state index contributed by atoms with van der Waals surface area (Å²) in [5.74, 6) is 0.245. The molecule has 2 heterocycles. The van der Waals surface area contributed by atoms with E-state index in [1.807, 2.05) is 0 Å². The molecule has 24 heavy (non-hydrogen) atoms. The molecular formula is C15H18ClN5O2S. The van der Waals surface area contributed by atoms with E-state index in [1.54, 1.807) is 51.2 Å². The van der Waals surface area contributed by atoms with Gasteiger partial charge in [-0.05, 0) is 26.0 Å². The third-order valence-electron chi connectivity index (χ3n) is 3.75. The van der Waals surface area contributed by atoms with Crippen LogP contribution in [0.3, 0.4) is 0 Å². The van der Waals surface area contributed by atoms with Crippen LogP contribution in [-0.4, -0.2) is 30.1 Å². The Labute approximate surface area is 146 Å². The molecule has 3 aromatic rings. The van der Waals surface area contributed by atoms with E-state index in [0.29, 0.717) is 17.1 Å². The normalized spacial score (nSPS) is 11.3. The summed E-state index contributed by atoms with van der Waals surface area (Å²) in [7, 11) is -2.14. The highest BCUT2D eigenvalue weighted by Gasteiger charge is 2.29. The standard InChI is InChI=1S/C15H17N5O2S.ClH/c1-9-12(16)10(2)20-15(18-9)13(14(17-3)19-20)23(21,22)11-7-5-4-6-8-11;/h4-8H,16H2,1-3H3,(H,17,19);1H. The summed E-state index contributed by atoms with van der Waals surface area (Å²) in [6.45, 7) is 3.52. The van der Waals surface area contributed by atoms with Gasteiger partial charge >= 0.3 is 0 Å². The second-order valence-electron chi connectivity index (χ2n) is 5.18. The number of rotatable bonds is 3. The molecule has 0 saturated carbocycles. The van der Waals surface area contributed by atoms with Crippen molar-refractivity contribution in [3.05, 3.63) is 41.7 Å². The van der Waals surface area contributed by atoms with Gasteiger partial charge in [0, 0.05) is 7.05 Å². The Morgan fingerprint density at radius 1 is 1.17 bits per heavy atom. The summed E-state index contributed by atoms with van der Waals surface area (Å²) < 4.78 is 27.5. The molecule has 0 atom stereocenters. The molecule has 0 unspecified atom stereocenters. The van der Waals surface area contributed by atoms with Gasteiger partial charge in [-0.2, -0.15) is 0 Å². The fourth-order valence-corrected chi connectivity index (χ4v) is 3.97. The number of hydrogen-bond acceptors (Lipinski definition) is 6. The van der Waals surface area contributed by atoms with Gasteiger partial charge in [-0.3, -0.25) is 0 Å². The van der Waals surface area contributed by atoms with E-state index in [9.17, 15) is 8.42 Å². The van der Waals surface area contributed by atoms with Crippen molar-refractivity contribution in [1.29, 1.82) is 0 Å². The Bertz CT molecular complexity index is 1000. The number of anilines is 2. The smallest absolute Gasteiger partial charge is 0.214 e. The number of aryl methyl sites for hydroxylation is 2. The van der Waals surface area contributed by atoms with Crippen LogP contribution in [0.5, 0.6) is 0 Å². The molecule has 0 spiro atoms. The van der Waals surface area contributed by atoms with Gasteiger partial charge in [0.1, 0.15) is 0 Å². The molecule has 2 aromatic heterocycles. The molecule has 0 bridgehead atoms. The van der Waals surface area contributed by atoms with Gasteiger partial charge in [-0.1, -0.05) is 18.2 Å². The third-order valence-corrected chi connectivity index (χ3v) is 5.55. The number of nitrogen functional groups attached to an aromatic ring is 1. The molecule has 9 heteroatoms. The first-order valence-corrected chi connectivity index (χ1v) is 8.49. The van der Waals surface area contributed by atoms with Crippen molar-refractivity contribution in [2.75, 3.05) is 18.1 Å². The highest BCUT2D eigenvalue weighted by atomic mass is 35.5. The van der Waals surface area contributed by atoms with E-state index in [1.165, 1.54) is 4.52 Å². The van der Waals surface area contributed by atoms with Crippen LogP contribution in [0.4, 0.5) is 11.5 Å². The van der Waals surface area contributed by atoms with Crippen LogP contribution in [0.25, 0.3) is 5.65 Å². The zero-order chi connectivity index (χ0) is 16.8. The number of hydrogen-bond donors (Lipinski definition) is 2. The number of aromatic nitrogens is 3. The molecular weight excluding hydrogens is 350 g/mol. The van der Waals surface area contributed by atoms with E-state index >= 15 is 0 Å². The lowest BCUT2D eigenvalue weighted by atomic mass is 10.3. The molecule has 0 aliphatic heterocycles. The van der Waals surface area contributed by atoms with Gasteiger partial charge in [0.2, 0.25) is 9.84 Å². The highest BCUT2D eigenvalue weighted by molar-refractivity contribution is 7.91. The van der Waals surface area contributed by atoms with Crippen molar-refractivity contribution < 1.29 is 8.42 Å². The topological polar surface area (TPSA) is 102 Å². The fourth-order valence-electron chi connectivity index (χ4n) is 2.45. The zero-order valence-corrected chi connectivity index (χ0v) is 15.1. The van der Waals surface area contributed by atoms with Crippen LogP contribution >= 0.6 is 12.4 Å². The van der Waals surface area contributed by atoms with Gasteiger partial charge < -0.3 is 11.1 Å². The summed E-state index contributed by atoms with van der Waals surface area (Å²) >= 11 is 0. The summed E-state index contributed by atoms with van der Waals surface area (Å²) in [4.78, 5) is 4.60. The average Bonchev–Trinajstić information content (AvgIpc) is 2.93. The first-order valence-electron chi connectivity index (χ1n) is 7.01. The molecule has 3 N–H and O–H groups in total. The van der Waals surface area contributed by atoms with Crippen LogP contribution in [0.15, 0.2) is 40.1 Å². The van der Waals surface area contributed by atoms with Gasteiger partial charge in [-0.15, -0.1) is 17.5 Å². The molecule has 0 aliphatic rings. The Hall–Kier alpha value is -2.32. The van der Waals surface area contributed by atoms with E-state index in [2.05, 4.69) is 15.4 Å². The number of fused-ring (bicyclic) bond motifs is 1. The number of nitrogens with two attached hydrogens (primary N) is 1. The molecule has 0 fully saturated rings. The minimum Gasteiger partial charge on any atom is -0.396 e. The zero-order valence-electron chi connectivity index (χ0n) is 13.4. The Kier molecular flexibility index (Phi) is 4.73. The minimum atomic E-state index is -3.76. The number of benzene rings is 1. The maximum Gasteiger partial charge on any atom is 0.214 e. The molecule has 7 nitrogen and oxygen atoms in total. The molecule has 3 rings (SSSR count). The molecule has 0 amide bonds. The molecule has 1 aromatic carbocycles. The van der Waals surface area contributed by atoms with Gasteiger partial charge in [0.05, 0.1) is 22.0 Å². The van der Waals surface area contributed by atoms with Crippen LogP contribution < -0.4 is 11.1 Å². The summed E-state index contributed by atoms with van der Waals surface area (Å²) in [6, 6.07) is 8.23. The number of nitrogens with zero attached hydrogens (tertiary/aromatic N) is 3. The Morgan fingerprint density at radius 3 is 2.38 bits per heavy atom. The molecule has 0 aliphatic carbocycles. The third kappa shape index (κ3) is 2.57. The van der Waals surface area contributed by atoms with Gasteiger partial charge in [0.25, 0.3) is 0 Å². The largest absolute Gasteiger partial charge is 0.396 e. The fraction of sp³-hybridized carbons (Fsp3) is 0.200. The summed E-state index contributed by atoms with van der Waals surface area (Å²) in [6.07, 6.45) is 0. The van der Waals surface area contributed by atoms with Crippen molar-refractivity contribution in [3.63, 3.8) is 0 Å². The maximum atomic E-state index is 13.0. The second-order valence-corrected chi connectivity index (χ2v) is 7.06. The van der Waals surface area contributed by atoms with E-state index in [0.717, 1.165) is 0 Å². The number of halogens is 1. The van der Waals surface area contributed by atoms with Crippen LogP contribution in [0.2, 0.25) is 0 Å². The highest BCUT2D eigenvalue weighted by Crippen LogP contribution is 2.32. The quantitative estimate of drug-likeness (QED) is 0.735. The monoisotopic (exact) mass is 367 g/mol. The van der Waals surface area contributed by atoms with Gasteiger partial charge in [-0.25, -0.2) is 17.9 Å². The van der Waals surface area contributed by atoms with E-state index < -0.39 is 9.84 Å². The molecule has 0 saturated heterocycles. The molecule has 128 valence electrons. The minimum absolute atomic E-state index is 0. The van der Waals surface area contributed by atoms with Crippen LogP contribution in [-0.2, 0) is 9.84 Å². The maximum absolute atomic E-state index is 13.0. The van der Waals surface area contributed by atoms with Gasteiger partial charge in [0.15, 0.2) is 16.4 Å². The lowest BCUT2D eigenvalue weighted by molar-refractivity contribution is 0.597. The number of nitrogens with one attached hydrogen (secondary N) is 1. The Morgan fingerprint density at radius 2 is 1.79 bits per heavy atom. The first-order chi connectivity index (χ1) is 10.9. The average molecular weight is 368 g/mol. The van der Waals surface area contributed by atoms with E-state index in [4.69, 9.17) is 5.73 Å². The van der Waals surface area contributed by atoms with Crippen LogP contribution in [0, 0.1) is 13.8 Å². The van der Waals surface area contributed by atoms with Crippen molar-refractivity contribution >= 4 is 39.4 Å². The lowest BCUT2D eigenvalue weighted by Crippen LogP contribution is -2.07. The van der Waals surface area contributed by atoms with Crippen molar-refractivity contribution in [2.45, 2.75) is 23.6 Å². The molecule has 0 radical (unpaired) electrons. The second kappa shape index (κ2) is 6.29. The first kappa shape index (κ1) is 18.0. The summed E-state index contributed by atoms with van der Waals surface area (Å²) in [5.41, 5.74) is 7.96. The van der Waals surface area contributed by atoms with E-state index in [-0.39, 0.29) is 33.7 Å². The Balaban J connectivity index is 0.00000208. The van der Waals surface area contributed by atoms with Crippen LogP contribution in [0.1, 0.15) is 11.4 Å². The predicted molar refractivity (Wildman–Crippen MR) is 95.6 cm³/mol. The predicted octanol–water partition coefficient (Wildman–Crippen LogP) is 2.22. The SMILES string of the molecule is CNc1nn2c(C)c(N)c(C)nc2c1S(=O)(=O)c1ccccc1.Cl. The number of sulfone groups is 1.